The second-order valence-electron chi connectivity index (χ2n) is 4.66. The van der Waals surface area contributed by atoms with Crippen molar-refractivity contribution in [1.82, 2.24) is 0 Å². The van der Waals surface area contributed by atoms with Gasteiger partial charge in [0.15, 0.2) is 0 Å². The Morgan fingerprint density at radius 2 is 1.81 bits per heavy atom. The van der Waals surface area contributed by atoms with Gasteiger partial charge in [-0.1, -0.05) is 0 Å². The summed E-state index contributed by atoms with van der Waals surface area (Å²) in [5.41, 5.74) is 2.65. The summed E-state index contributed by atoms with van der Waals surface area (Å²) in [6.07, 6.45) is 4.91. The van der Waals surface area contributed by atoms with E-state index >= 15 is 0 Å². The fourth-order valence-electron chi connectivity index (χ4n) is 2.21. The Balaban J connectivity index is 2.36. The van der Waals surface area contributed by atoms with Crippen molar-refractivity contribution in [3.05, 3.63) is 41.5 Å². The molecule has 3 heteroatoms. The summed E-state index contributed by atoms with van der Waals surface area (Å²) in [7, 11) is 0. The molecule has 0 nitrogen and oxygen atoms in total. The van der Waals surface area contributed by atoms with Crippen molar-refractivity contribution in [2.24, 2.45) is 0 Å². The summed E-state index contributed by atoms with van der Waals surface area (Å²) in [4.78, 5) is 0. The Bertz CT molecular complexity index is 432. The van der Waals surface area contributed by atoms with Crippen LogP contribution in [0.2, 0.25) is 0 Å². The third-order valence-electron chi connectivity index (χ3n) is 3.26. The molecule has 0 saturated heterocycles. The van der Waals surface area contributed by atoms with Gasteiger partial charge in [0.25, 0.3) is 0 Å². The third-order valence-corrected chi connectivity index (χ3v) is 9.42. The summed E-state index contributed by atoms with van der Waals surface area (Å²) >= 11 is 13.6. The van der Waals surface area contributed by atoms with Gasteiger partial charge in [-0.2, -0.15) is 0 Å². The molecular weight excluding hydrogens is 258 g/mol. The first-order valence-electron chi connectivity index (χ1n) is 5.63. The Kier molecular flexibility index (Phi) is 3.12. The SMILES string of the molecule is CCc1ccc(P2(Cl)(Cl)CC=C(C)C2)cc1. The molecule has 0 amide bonds. The van der Waals surface area contributed by atoms with E-state index in [-0.39, 0.29) is 0 Å². The van der Waals surface area contributed by atoms with Crippen LogP contribution in [0.1, 0.15) is 19.4 Å². The molecule has 1 aromatic carbocycles. The third kappa shape index (κ3) is 2.16. The molecule has 0 aromatic heterocycles. The maximum atomic E-state index is 6.79. The average Bonchev–Trinajstić information content (AvgIpc) is 2.55. The molecule has 0 bridgehead atoms. The number of hydrogen-bond donors (Lipinski definition) is 0. The van der Waals surface area contributed by atoms with Crippen molar-refractivity contribution in [2.45, 2.75) is 20.3 Å². The maximum absolute atomic E-state index is 6.79. The normalized spacial score (nSPS) is 24.5. The van der Waals surface area contributed by atoms with Crippen LogP contribution < -0.4 is 5.30 Å². The Labute approximate surface area is 107 Å². The predicted octanol–water partition coefficient (Wildman–Crippen LogP) is 4.70. The van der Waals surface area contributed by atoms with Crippen LogP contribution >= 0.6 is 27.8 Å². The summed E-state index contributed by atoms with van der Waals surface area (Å²) in [5, 5.41) is -1.55. The minimum absolute atomic E-state index is 0.825. The molecule has 1 aliphatic heterocycles. The quantitative estimate of drug-likeness (QED) is 0.542. The molecule has 16 heavy (non-hydrogen) atoms. The van der Waals surface area contributed by atoms with Gasteiger partial charge >= 0.3 is 107 Å². The standard InChI is InChI=1S/C13H17Cl2P/c1-3-12-4-6-13(7-5-12)16(14,15)9-8-11(2)10-16/h4-8H,3,9-10H2,1-2H3. The average molecular weight is 275 g/mol. The van der Waals surface area contributed by atoms with E-state index in [2.05, 4.69) is 44.2 Å². The second-order valence-corrected chi connectivity index (χ2v) is 13.8. The molecule has 0 spiro atoms. The summed E-state index contributed by atoms with van der Waals surface area (Å²) in [6, 6.07) is 8.51. The molecule has 0 atom stereocenters. The van der Waals surface area contributed by atoms with Gasteiger partial charge < -0.3 is 0 Å². The van der Waals surface area contributed by atoms with E-state index in [4.69, 9.17) is 22.5 Å². The van der Waals surface area contributed by atoms with Crippen LogP contribution in [0.25, 0.3) is 0 Å². The molecule has 0 unspecified atom stereocenters. The van der Waals surface area contributed by atoms with Crippen molar-refractivity contribution < 1.29 is 0 Å². The Morgan fingerprint density at radius 3 is 2.25 bits per heavy atom. The number of allylic oxidation sites excluding steroid dienone is 2. The molecule has 1 aliphatic rings. The molecule has 1 aromatic rings. The molecule has 0 fully saturated rings. The van der Waals surface area contributed by atoms with Crippen LogP contribution in [0.15, 0.2) is 35.9 Å². The second kappa shape index (κ2) is 4.02. The molecule has 0 saturated carbocycles. The zero-order chi connectivity index (χ0) is 11.8. The van der Waals surface area contributed by atoms with Crippen LogP contribution in [-0.4, -0.2) is 12.3 Å². The summed E-state index contributed by atoms with van der Waals surface area (Å²) in [5.74, 6) is 0. The van der Waals surface area contributed by atoms with Gasteiger partial charge in [0.2, 0.25) is 0 Å². The molecule has 2 rings (SSSR count). The first kappa shape index (κ1) is 12.4. The summed E-state index contributed by atoms with van der Waals surface area (Å²) in [6.45, 7) is 4.26. The number of rotatable bonds is 2. The van der Waals surface area contributed by atoms with Crippen molar-refractivity contribution in [3.63, 3.8) is 0 Å². The van der Waals surface area contributed by atoms with Crippen LogP contribution in [-0.2, 0) is 6.42 Å². The minimum atomic E-state index is -2.68. The number of aryl methyl sites for hydroxylation is 1. The fraction of sp³-hybridized carbons (Fsp3) is 0.385. The summed E-state index contributed by atoms with van der Waals surface area (Å²) < 4.78 is 0. The number of halogens is 2. The van der Waals surface area contributed by atoms with Gasteiger partial charge in [-0.3, -0.25) is 0 Å². The Morgan fingerprint density at radius 1 is 1.19 bits per heavy atom. The molecular formula is C13H17Cl2P. The van der Waals surface area contributed by atoms with E-state index < -0.39 is 5.31 Å². The van der Waals surface area contributed by atoms with Gasteiger partial charge in [-0.15, -0.1) is 0 Å². The van der Waals surface area contributed by atoms with Crippen LogP contribution in [0.5, 0.6) is 0 Å². The fourth-order valence-corrected chi connectivity index (χ4v) is 7.52. The molecule has 0 N–H and O–H groups in total. The molecule has 0 radical (unpaired) electrons. The van der Waals surface area contributed by atoms with Gasteiger partial charge in [0.1, 0.15) is 0 Å². The monoisotopic (exact) mass is 274 g/mol. The predicted molar refractivity (Wildman–Crippen MR) is 77.6 cm³/mol. The molecule has 1 heterocycles. The van der Waals surface area contributed by atoms with Gasteiger partial charge in [0, 0.05) is 0 Å². The zero-order valence-corrected chi connectivity index (χ0v) is 12.1. The molecule has 0 aliphatic carbocycles. The van der Waals surface area contributed by atoms with Gasteiger partial charge in [0.05, 0.1) is 0 Å². The number of hydrogen-bond acceptors (Lipinski definition) is 0. The van der Waals surface area contributed by atoms with E-state index in [0.717, 1.165) is 24.0 Å². The van der Waals surface area contributed by atoms with Crippen LogP contribution in [0.4, 0.5) is 0 Å². The van der Waals surface area contributed by atoms with E-state index in [9.17, 15) is 0 Å². The first-order valence-corrected chi connectivity index (χ1v) is 10.0. The van der Waals surface area contributed by atoms with Crippen molar-refractivity contribution in [3.8, 4) is 0 Å². The van der Waals surface area contributed by atoms with E-state index in [0.29, 0.717) is 0 Å². The van der Waals surface area contributed by atoms with Gasteiger partial charge in [-0.25, -0.2) is 0 Å². The zero-order valence-electron chi connectivity index (χ0n) is 9.71. The first-order chi connectivity index (χ1) is 7.43. The van der Waals surface area contributed by atoms with E-state index in [1.807, 2.05) is 0 Å². The van der Waals surface area contributed by atoms with Gasteiger partial charge in [-0.05, 0) is 0 Å². The van der Waals surface area contributed by atoms with Crippen molar-refractivity contribution in [1.29, 1.82) is 0 Å². The topological polar surface area (TPSA) is 0 Å². The van der Waals surface area contributed by atoms with Crippen molar-refractivity contribution in [2.75, 3.05) is 12.3 Å². The van der Waals surface area contributed by atoms with Crippen molar-refractivity contribution >= 4 is 33.1 Å². The van der Waals surface area contributed by atoms with Crippen LogP contribution in [0.3, 0.4) is 0 Å². The number of benzene rings is 1. The van der Waals surface area contributed by atoms with E-state index in [1.165, 1.54) is 11.1 Å². The molecule has 88 valence electrons. The Hall–Kier alpha value is -0.0300. The van der Waals surface area contributed by atoms with E-state index in [1.54, 1.807) is 0 Å². The van der Waals surface area contributed by atoms with Crippen LogP contribution in [0, 0.1) is 0 Å².